The molecular weight excluding hydrogens is 290 g/mol. The van der Waals surface area contributed by atoms with E-state index in [2.05, 4.69) is 17.3 Å². The van der Waals surface area contributed by atoms with Gasteiger partial charge in [-0.15, -0.1) is 0 Å². The maximum atomic E-state index is 11.3. The molecule has 2 rings (SSSR count). The predicted molar refractivity (Wildman–Crippen MR) is 84.0 cm³/mol. The van der Waals surface area contributed by atoms with Crippen LogP contribution >= 0.6 is 11.6 Å². The molecule has 21 heavy (non-hydrogen) atoms. The number of ether oxygens (including phenoxy) is 1. The monoisotopic (exact) mass is 309 g/mol. The lowest BCUT2D eigenvalue weighted by Gasteiger charge is -2.32. The molecule has 0 spiro atoms. The van der Waals surface area contributed by atoms with Gasteiger partial charge in [-0.3, -0.25) is 4.79 Å². The van der Waals surface area contributed by atoms with Crippen LogP contribution in [0.5, 0.6) is 5.75 Å². The summed E-state index contributed by atoms with van der Waals surface area (Å²) in [6, 6.07) is 5.59. The minimum atomic E-state index is 0.132. The van der Waals surface area contributed by atoms with Gasteiger partial charge in [-0.05, 0) is 24.6 Å². The van der Waals surface area contributed by atoms with Crippen LogP contribution in [0, 0.1) is 0 Å². The van der Waals surface area contributed by atoms with Crippen LogP contribution < -0.4 is 10.1 Å². The summed E-state index contributed by atoms with van der Waals surface area (Å²) in [5.41, 5.74) is 1.72. The first-order valence-corrected chi connectivity index (χ1v) is 7.43. The normalized spacial score (nSPS) is 15.5. The number of carbonyl (C=O) groups excluding carboxylic acids is 1. The molecule has 1 aliphatic rings. The number of hydrazone groups is 1. The van der Waals surface area contributed by atoms with E-state index < -0.39 is 0 Å². The molecule has 1 N–H and O–H groups in total. The highest BCUT2D eigenvalue weighted by molar-refractivity contribution is 6.30. The highest BCUT2D eigenvalue weighted by Crippen LogP contribution is 2.25. The molecule has 0 saturated carbocycles. The van der Waals surface area contributed by atoms with Gasteiger partial charge in [-0.25, -0.2) is 5.01 Å². The summed E-state index contributed by atoms with van der Waals surface area (Å²) in [7, 11) is 1.60. The second-order valence-corrected chi connectivity index (χ2v) is 5.38. The van der Waals surface area contributed by atoms with Crippen molar-refractivity contribution < 1.29 is 9.53 Å². The molecule has 0 aliphatic carbocycles. The van der Waals surface area contributed by atoms with E-state index in [9.17, 15) is 4.79 Å². The second-order valence-electron chi connectivity index (χ2n) is 4.94. The molecule has 1 amide bonds. The van der Waals surface area contributed by atoms with Crippen LogP contribution in [0.4, 0.5) is 0 Å². The van der Waals surface area contributed by atoms with Gasteiger partial charge in [-0.1, -0.05) is 24.9 Å². The molecule has 114 valence electrons. The Balaban J connectivity index is 2.35. The van der Waals surface area contributed by atoms with Crippen molar-refractivity contribution in [2.75, 3.05) is 20.2 Å². The van der Waals surface area contributed by atoms with Crippen LogP contribution in [0.25, 0.3) is 0 Å². The molecule has 1 fully saturated rings. The quantitative estimate of drug-likeness (QED) is 0.477. The lowest BCUT2D eigenvalue weighted by molar-refractivity contribution is -0.121. The van der Waals surface area contributed by atoms with E-state index >= 15 is 0 Å². The average molecular weight is 310 g/mol. The summed E-state index contributed by atoms with van der Waals surface area (Å²) >= 11 is 6.00. The van der Waals surface area contributed by atoms with Gasteiger partial charge in [-0.2, -0.15) is 5.10 Å². The topological polar surface area (TPSA) is 53.9 Å². The predicted octanol–water partition coefficient (Wildman–Crippen LogP) is 2.28. The summed E-state index contributed by atoms with van der Waals surface area (Å²) in [6.45, 7) is 3.63. The van der Waals surface area contributed by atoms with E-state index in [4.69, 9.17) is 16.3 Å². The highest BCUT2D eigenvalue weighted by atomic mass is 35.5. The van der Waals surface area contributed by atoms with Gasteiger partial charge in [0.25, 0.3) is 0 Å². The van der Waals surface area contributed by atoms with E-state index in [-0.39, 0.29) is 6.04 Å². The van der Waals surface area contributed by atoms with E-state index in [1.54, 1.807) is 19.2 Å². The van der Waals surface area contributed by atoms with Crippen molar-refractivity contribution in [3.05, 3.63) is 28.8 Å². The van der Waals surface area contributed by atoms with Gasteiger partial charge in [0.1, 0.15) is 5.75 Å². The third-order valence-electron chi connectivity index (χ3n) is 3.44. The minimum absolute atomic E-state index is 0.132. The first-order valence-electron chi connectivity index (χ1n) is 7.05. The molecule has 0 bridgehead atoms. The summed E-state index contributed by atoms with van der Waals surface area (Å²) < 4.78 is 5.38. The van der Waals surface area contributed by atoms with Gasteiger partial charge in [0.05, 0.1) is 18.9 Å². The molecule has 5 nitrogen and oxygen atoms in total. The molecule has 1 aromatic rings. The van der Waals surface area contributed by atoms with E-state index in [0.717, 1.165) is 43.6 Å². The molecule has 0 radical (unpaired) electrons. The largest absolute Gasteiger partial charge is 0.496 e. The van der Waals surface area contributed by atoms with Crippen molar-refractivity contribution >= 4 is 23.7 Å². The van der Waals surface area contributed by atoms with Crippen molar-refractivity contribution in [1.29, 1.82) is 0 Å². The molecule has 0 aromatic heterocycles. The maximum absolute atomic E-state index is 11.3. The lowest BCUT2D eigenvalue weighted by atomic mass is 10.0. The fourth-order valence-corrected chi connectivity index (χ4v) is 2.33. The van der Waals surface area contributed by atoms with Crippen molar-refractivity contribution in [2.24, 2.45) is 5.10 Å². The zero-order valence-electron chi connectivity index (χ0n) is 12.3. The van der Waals surface area contributed by atoms with Gasteiger partial charge < -0.3 is 10.1 Å². The molecule has 0 atom stereocenters. The Morgan fingerprint density at radius 3 is 2.86 bits per heavy atom. The summed E-state index contributed by atoms with van der Waals surface area (Å²) in [4.78, 5) is 11.3. The molecule has 1 saturated heterocycles. The summed E-state index contributed by atoms with van der Waals surface area (Å²) in [5, 5.41) is 9.78. The van der Waals surface area contributed by atoms with E-state index in [0.29, 0.717) is 10.8 Å². The Bertz CT molecular complexity index is 530. The Labute approximate surface area is 129 Å². The standard InChI is InChI=1S/C15H20ClN3O2/c1-3-4-14(18-19(10-20)12-8-17-9-12)13-6-5-11(16)7-15(13)21-2/h5-7,10,12,17H,3-4,8-9H2,1-2H3/b18-14+. The fourth-order valence-electron chi connectivity index (χ4n) is 2.17. The smallest absolute Gasteiger partial charge is 0.230 e. The number of hydrogen-bond acceptors (Lipinski definition) is 4. The summed E-state index contributed by atoms with van der Waals surface area (Å²) in [6.07, 6.45) is 2.48. The molecule has 6 heteroatoms. The van der Waals surface area contributed by atoms with Crippen LogP contribution in [0.15, 0.2) is 23.3 Å². The third-order valence-corrected chi connectivity index (χ3v) is 3.67. The SMILES string of the molecule is CCC/C(=N\N(C=O)C1CNC1)c1ccc(Cl)cc1OC. The number of halogens is 1. The Hall–Kier alpha value is -1.59. The minimum Gasteiger partial charge on any atom is -0.496 e. The summed E-state index contributed by atoms with van der Waals surface area (Å²) in [5.74, 6) is 0.673. The van der Waals surface area contributed by atoms with Gasteiger partial charge >= 0.3 is 0 Å². The number of nitrogens with zero attached hydrogens (tertiary/aromatic N) is 2. The van der Waals surface area contributed by atoms with Gasteiger partial charge in [0, 0.05) is 23.7 Å². The van der Waals surface area contributed by atoms with Gasteiger partial charge in [0.15, 0.2) is 0 Å². The van der Waals surface area contributed by atoms with Crippen LogP contribution in [-0.2, 0) is 4.79 Å². The van der Waals surface area contributed by atoms with E-state index in [1.807, 2.05) is 6.07 Å². The van der Waals surface area contributed by atoms with Crippen LogP contribution in [0.3, 0.4) is 0 Å². The number of hydrogen-bond donors (Lipinski definition) is 1. The van der Waals surface area contributed by atoms with Crippen molar-refractivity contribution in [1.82, 2.24) is 10.3 Å². The van der Waals surface area contributed by atoms with E-state index in [1.165, 1.54) is 5.01 Å². The molecule has 0 unspecified atom stereocenters. The van der Waals surface area contributed by atoms with Crippen molar-refractivity contribution in [3.63, 3.8) is 0 Å². The highest BCUT2D eigenvalue weighted by Gasteiger charge is 2.24. The number of nitrogens with one attached hydrogen (secondary N) is 1. The average Bonchev–Trinajstić information content (AvgIpc) is 2.43. The van der Waals surface area contributed by atoms with Crippen molar-refractivity contribution in [2.45, 2.75) is 25.8 Å². The second kappa shape index (κ2) is 7.43. The lowest BCUT2D eigenvalue weighted by Crippen LogP contribution is -2.55. The van der Waals surface area contributed by atoms with Crippen LogP contribution in [0.2, 0.25) is 5.02 Å². The van der Waals surface area contributed by atoms with Gasteiger partial charge in [0.2, 0.25) is 6.41 Å². The zero-order chi connectivity index (χ0) is 15.2. The number of benzene rings is 1. The Morgan fingerprint density at radius 2 is 2.33 bits per heavy atom. The fraction of sp³-hybridized carbons (Fsp3) is 0.467. The molecular formula is C15H20ClN3O2. The molecule has 1 heterocycles. The number of carbonyl (C=O) groups is 1. The molecule has 1 aromatic carbocycles. The third kappa shape index (κ3) is 3.74. The zero-order valence-corrected chi connectivity index (χ0v) is 13.1. The molecule has 1 aliphatic heterocycles. The first-order chi connectivity index (χ1) is 10.2. The Morgan fingerprint density at radius 1 is 1.57 bits per heavy atom. The van der Waals surface area contributed by atoms with Crippen molar-refractivity contribution in [3.8, 4) is 5.75 Å². The van der Waals surface area contributed by atoms with Crippen LogP contribution in [-0.4, -0.2) is 43.4 Å². The number of methoxy groups -OCH3 is 1. The Kier molecular flexibility index (Phi) is 5.59. The first kappa shape index (κ1) is 15.8. The van der Waals surface area contributed by atoms with Crippen LogP contribution in [0.1, 0.15) is 25.3 Å². The number of amides is 1. The maximum Gasteiger partial charge on any atom is 0.230 e. The number of rotatable bonds is 7.